The number of thiophene rings is 1. The molecule has 1 atom stereocenters. The molecule has 3 rings (SSSR count). The van der Waals surface area contributed by atoms with Gasteiger partial charge in [-0.3, -0.25) is 4.79 Å². The highest BCUT2D eigenvalue weighted by Gasteiger charge is 2.10. The van der Waals surface area contributed by atoms with Crippen LogP contribution < -0.4 is 5.32 Å². The number of rotatable bonds is 6. The van der Waals surface area contributed by atoms with Gasteiger partial charge in [-0.05, 0) is 53.4 Å². The molecule has 3 aromatic rings. The molecule has 2 aromatic heterocycles. The lowest BCUT2D eigenvalue weighted by molar-refractivity contribution is -0.121. The highest BCUT2D eigenvalue weighted by Crippen LogP contribution is 2.17. The predicted octanol–water partition coefficient (Wildman–Crippen LogP) is 3.74. The normalized spacial score (nSPS) is 12.0. The first-order valence-electron chi connectivity index (χ1n) is 7.61. The molecule has 23 heavy (non-hydrogen) atoms. The van der Waals surface area contributed by atoms with Crippen LogP contribution in [0.3, 0.4) is 0 Å². The van der Waals surface area contributed by atoms with E-state index in [0.29, 0.717) is 6.42 Å². The molecule has 5 heteroatoms. The number of aromatic nitrogens is 2. The maximum Gasteiger partial charge on any atom is 0.220 e. The fourth-order valence-corrected chi connectivity index (χ4v) is 3.16. The van der Waals surface area contributed by atoms with Gasteiger partial charge in [0.05, 0.1) is 12.4 Å². The van der Waals surface area contributed by atoms with Gasteiger partial charge in [-0.2, -0.15) is 11.3 Å². The van der Waals surface area contributed by atoms with Crippen LogP contribution in [-0.4, -0.2) is 15.5 Å². The van der Waals surface area contributed by atoms with E-state index >= 15 is 0 Å². The first kappa shape index (κ1) is 15.5. The predicted molar refractivity (Wildman–Crippen MR) is 92.8 cm³/mol. The van der Waals surface area contributed by atoms with E-state index < -0.39 is 0 Å². The Bertz CT molecular complexity index is 750. The van der Waals surface area contributed by atoms with Crippen molar-refractivity contribution in [3.05, 3.63) is 70.9 Å². The van der Waals surface area contributed by atoms with Gasteiger partial charge in [0.1, 0.15) is 0 Å². The largest absolute Gasteiger partial charge is 0.350 e. The Morgan fingerprint density at radius 1 is 1.39 bits per heavy atom. The van der Waals surface area contributed by atoms with Crippen molar-refractivity contribution < 1.29 is 4.79 Å². The molecule has 2 heterocycles. The second kappa shape index (κ2) is 7.24. The van der Waals surface area contributed by atoms with E-state index in [0.717, 1.165) is 17.7 Å². The van der Waals surface area contributed by atoms with E-state index in [2.05, 4.69) is 27.8 Å². The van der Waals surface area contributed by atoms with Crippen molar-refractivity contribution >= 4 is 17.2 Å². The van der Waals surface area contributed by atoms with Crippen LogP contribution in [-0.2, 0) is 11.2 Å². The lowest BCUT2D eigenvalue weighted by Crippen LogP contribution is -2.26. The van der Waals surface area contributed by atoms with Gasteiger partial charge in [0.2, 0.25) is 5.91 Å². The summed E-state index contributed by atoms with van der Waals surface area (Å²) in [6.45, 7) is 2.01. The lowest BCUT2D eigenvalue weighted by atomic mass is 10.1. The molecule has 0 saturated carbocycles. The summed E-state index contributed by atoms with van der Waals surface area (Å²) in [7, 11) is 0. The van der Waals surface area contributed by atoms with Gasteiger partial charge in [0.25, 0.3) is 0 Å². The number of amides is 1. The third kappa shape index (κ3) is 4.07. The average molecular weight is 325 g/mol. The summed E-state index contributed by atoms with van der Waals surface area (Å²) in [4.78, 5) is 16.2. The topological polar surface area (TPSA) is 46.9 Å². The van der Waals surface area contributed by atoms with Gasteiger partial charge in [-0.25, -0.2) is 4.98 Å². The molecule has 0 spiro atoms. The van der Waals surface area contributed by atoms with Crippen molar-refractivity contribution in [1.82, 2.24) is 14.9 Å². The zero-order valence-electron chi connectivity index (χ0n) is 13.0. The molecule has 1 unspecified atom stereocenters. The Labute approximate surface area is 139 Å². The van der Waals surface area contributed by atoms with E-state index in [1.165, 1.54) is 5.56 Å². The summed E-state index contributed by atoms with van der Waals surface area (Å²) >= 11 is 1.66. The van der Waals surface area contributed by atoms with Gasteiger partial charge in [0.15, 0.2) is 0 Å². The molecular formula is C18H19N3OS. The van der Waals surface area contributed by atoms with Gasteiger partial charge in [-0.15, -0.1) is 0 Å². The standard InChI is InChI=1S/C18H19N3OS/c1-14(20-18(22)6-5-15-7-10-23-12-15)16-3-2-4-17(11-16)21-9-8-19-13-21/h2-4,7-14H,5-6H2,1H3,(H,20,22). The van der Waals surface area contributed by atoms with E-state index in [1.807, 2.05) is 41.3 Å². The smallest absolute Gasteiger partial charge is 0.220 e. The molecule has 0 saturated heterocycles. The lowest BCUT2D eigenvalue weighted by Gasteiger charge is -2.15. The Morgan fingerprint density at radius 3 is 3.04 bits per heavy atom. The minimum atomic E-state index is -0.0200. The van der Waals surface area contributed by atoms with Crippen LogP contribution >= 0.6 is 11.3 Å². The molecule has 4 nitrogen and oxygen atoms in total. The van der Waals surface area contributed by atoms with Crippen LogP contribution in [0.2, 0.25) is 0 Å². The number of nitrogens with zero attached hydrogens (tertiary/aromatic N) is 2. The number of hydrogen-bond donors (Lipinski definition) is 1. The molecule has 0 aliphatic heterocycles. The monoisotopic (exact) mass is 325 g/mol. The van der Waals surface area contributed by atoms with Crippen molar-refractivity contribution in [3.63, 3.8) is 0 Å². The number of carbonyl (C=O) groups is 1. The number of aryl methyl sites for hydroxylation is 1. The second-order valence-corrected chi connectivity index (χ2v) is 6.27. The third-order valence-electron chi connectivity index (χ3n) is 3.77. The number of hydrogen-bond acceptors (Lipinski definition) is 3. The minimum absolute atomic E-state index is 0.0200. The molecule has 0 aliphatic rings. The molecule has 0 aliphatic carbocycles. The molecule has 1 amide bonds. The third-order valence-corrected chi connectivity index (χ3v) is 4.50. The van der Waals surface area contributed by atoms with Gasteiger partial charge in [0, 0.05) is 24.5 Å². The van der Waals surface area contributed by atoms with E-state index in [-0.39, 0.29) is 11.9 Å². The maximum absolute atomic E-state index is 12.1. The molecule has 0 radical (unpaired) electrons. The van der Waals surface area contributed by atoms with E-state index in [9.17, 15) is 4.79 Å². The van der Waals surface area contributed by atoms with Crippen LogP contribution in [0.25, 0.3) is 5.69 Å². The first-order valence-corrected chi connectivity index (χ1v) is 8.55. The number of benzene rings is 1. The zero-order chi connectivity index (χ0) is 16.1. The summed E-state index contributed by atoms with van der Waals surface area (Å²) in [5, 5.41) is 7.20. The Kier molecular flexibility index (Phi) is 4.88. The fraction of sp³-hybridized carbons (Fsp3) is 0.222. The van der Waals surface area contributed by atoms with Crippen LogP contribution in [0, 0.1) is 0 Å². The Morgan fingerprint density at radius 2 is 2.30 bits per heavy atom. The Hall–Kier alpha value is -2.40. The average Bonchev–Trinajstić information content (AvgIpc) is 3.26. The van der Waals surface area contributed by atoms with Crippen molar-refractivity contribution in [2.75, 3.05) is 0 Å². The molecule has 1 N–H and O–H groups in total. The van der Waals surface area contributed by atoms with E-state index in [4.69, 9.17) is 0 Å². The fourth-order valence-electron chi connectivity index (χ4n) is 2.46. The van der Waals surface area contributed by atoms with Crippen molar-refractivity contribution in [2.45, 2.75) is 25.8 Å². The van der Waals surface area contributed by atoms with Crippen molar-refractivity contribution in [3.8, 4) is 5.69 Å². The molecule has 0 bridgehead atoms. The van der Waals surface area contributed by atoms with Crippen LogP contribution in [0.15, 0.2) is 59.8 Å². The number of imidazole rings is 1. The molecule has 0 fully saturated rings. The molecule has 118 valence electrons. The summed E-state index contributed by atoms with van der Waals surface area (Å²) in [5.41, 5.74) is 3.35. The molecular weight excluding hydrogens is 306 g/mol. The van der Waals surface area contributed by atoms with Crippen LogP contribution in [0.4, 0.5) is 0 Å². The summed E-state index contributed by atoms with van der Waals surface area (Å²) in [6.07, 6.45) is 6.73. The van der Waals surface area contributed by atoms with Crippen molar-refractivity contribution in [1.29, 1.82) is 0 Å². The van der Waals surface area contributed by atoms with E-state index in [1.54, 1.807) is 23.9 Å². The maximum atomic E-state index is 12.1. The van der Waals surface area contributed by atoms with Gasteiger partial charge in [-0.1, -0.05) is 12.1 Å². The van der Waals surface area contributed by atoms with Gasteiger partial charge < -0.3 is 9.88 Å². The SMILES string of the molecule is CC(NC(=O)CCc1ccsc1)c1cccc(-n2ccnc2)c1. The Balaban J connectivity index is 1.60. The summed E-state index contributed by atoms with van der Waals surface area (Å²) < 4.78 is 1.95. The van der Waals surface area contributed by atoms with Gasteiger partial charge >= 0.3 is 0 Å². The summed E-state index contributed by atoms with van der Waals surface area (Å²) in [5.74, 6) is 0.0803. The number of nitrogens with one attached hydrogen (secondary N) is 1. The van der Waals surface area contributed by atoms with Crippen molar-refractivity contribution in [2.24, 2.45) is 0 Å². The number of carbonyl (C=O) groups excluding carboxylic acids is 1. The highest BCUT2D eigenvalue weighted by molar-refractivity contribution is 7.07. The van der Waals surface area contributed by atoms with Crippen LogP contribution in [0.1, 0.15) is 30.5 Å². The second-order valence-electron chi connectivity index (χ2n) is 5.49. The zero-order valence-corrected chi connectivity index (χ0v) is 13.8. The highest BCUT2D eigenvalue weighted by atomic mass is 32.1. The summed E-state index contributed by atoms with van der Waals surface area (Å²) in [6, 6.07) is 10.2. The van der Waals surface area contributed by atoms with Crippen LogP contribution in [0.5, 0.6) is 0 Å². The molecule has 1 aromatic carbocycles. The first-order chi connectivity index (χ1) is 11.2. The minimum Gasteiger partial charge on any atom is -0.350 e. The quantitative estimate of drug-likeness (QED) is 0.750.